The Morgan fingerprint density at radius 2 is 1.09 bits per heavy atom. The summed E-state index contributed by atoms with van der Waals surface area (Å²) >= 11 is 0. The van der Waals surface area contributed by atoms with Crippen molar-refractivity contribution in [3.63, 3.8) is 0 Å². The van der Waals surface area contributed by atoms with E-state index in [1.807, 2.05) is 0 Å². The number of para-hydroxylation sites is 3. The molecule has 3 nitrogen and oxygen atoms in total. The second kappa shape index (κ2) is 11.5. The molecule has 3 heterocycles. The van der Waals surface area contributed by atoms with Gasteiger partial charge in [-0.05, 0) is 106 Å². The predicted molar refractivity (Wildman–Crippen MR) is 231 cm³/mol. The highest BCUT2D eigenvalue weighted by molar-refractivity contribution is 6.22. The molecule has 0 aliphatic heterocycles. The van der Waals surface area contributed by atoms with Crippen LogP contribution in [-0.4, -0.2) is 14.1 Å². The van der Waals surface area contributed by atoms with E-state index in [1.165, 1.54) is 87.7 Å². The number of hydrogen-bond donors (Lipinski definition) is 0. The fraction of sp³-hybridized carbons (Fsp3) is 0.0577. The summed E-state index contributed by atoms with van der Waals surface area (Å²) in [4.78, 5) is 5.54. The lowest BCUT2D eigenvalue weighted by atomic mass is 9.80. The van der Waals surface area contributed by atoms with Crippen LogP contribution >= 0.6 is 0 Å². The Morgan fingerprint density at radius 1 is 0.455 bits per heavy atom. The van der Waals surface area contributed by atoms with Gasteiger partial charge in [0, 0.05) is 38.2 Å². The van der Waals surface area contributed by atoms with Crippen molar-refractivity contribution in [2.45, 2.75) is 19.8 Å². The molecular formula is C52H35N3. The maximum Gasteiger partial charge on any atom is 0.141 e. The zero-order chi connectivity index (χ0) is 36.2. The van der Waals surface area contributed by atoms with E-state index >= 15 is 0 Å². The number of aryl methyl sites for hydroxylation is 1. The first-order valence-corrected chi connectivity index (χ1v) is 19.3. The van der Waals surface area contributed by atoms with Crippen LogP contribution < -0.4 is 0 Å². The molecule has 0 bridgehead atoms. The summed E-state index contributed by atoms with van der Waals surface area (Å²) in [5, 5.41) is 8.67. The molecule has 1 aliphatic carbocycles. The third kappa shape index (κ3) is 4.29. The fourth-order valence-corrected chi connectivity index (χ4v) is 9.81. The minimum absolute atomic E-state index is 0.974. The Kier molecular flexibility index (Phi) is 6.38. The number of aromatic nitrogens is 3. The van der Waals surface area contributed by atoms with Gasteiger partial charge in [0.15, 0.2) is 0 Å². The molecule has 0 N–H and O–H groups in total. The third-order valence-electron chi connectivity index (χ3n) is 12.2. The van der Waals surface area contributed by atoms with E-state index in [2.05, 4.69) is 186 Å². The molecule has 0 atom stereocenters. The van der Waals surface area contributed by atoms with E-state index in [0.717, 1.165) is 40.9 Å². The molecular weight excluding hydrogens is 667 g/mol. The molecule has 0 saturated carbocycles. The lowest BCUT2D eigenvalue weighted by Crippen LogP contribution is -2.08. The van der Waals surface area contributed by atoms with Gasteiger partial charge >= 0.3 is 0 Å². The SMILES string of the molecule is Cc1c(-n2c3ccc(-n4c5ccccc5c5ccccc54)cc3c3c4ccccc4ccc32)nc2ccccc2c1-c1cccc2c1CCc1ccccc1-2. The molecule has 3 aromatic heterocycles. The van der Waals surface area contributed by atoms with E-state index in [0.29, 0.717) is 0 Å². The van der Waals surface area contributed by atoms with E-state index in [-0.39, 0.29) is 0 Å². The third-order valence-corrected chi connectivity index (χ3v) is 12.2. The first kappa shape index (κ1) is 30.5. The van der Waals surface area contributed by atoms with Crippen LogP contribution in [0.15, 0.2) is 170 Å². The van der Waals surface area contributed by atoms with Gasteiger partial charge in [-0.1, -0.05) is 127 Å². The molecule has 0 radical (unpaired) electrons. The molecule has 55 heavy (non-hydrogen) atoms. The minimum Gasteiger partial charge on any atom is -0.309 e. The summed E-state index contributed by atoms with van der Waals surface area (Å²) in [5.74, 6) is 0.974. The van der Waals surface area contributed by atoms with Crippen LogP contribution in [0.2, 0.25) is 0 Å². The van der Waals surface area contributed by atoms with Gasteiger partial charge in [-0.3, -0.25) is 4.57 Å². The molecule has 0 spiro atoms. The van der Waals surface area contributed by atoms with Gasteiger partial charge < -0.3 is 4.57 Å². The Hall–Kier alpha value is -6.97. The number of fused-ring (bicyclic) bond motifs is 12. The van der Waals surface area contributed by atoms with E-state index in [9.17, 15) is 0 Å². The Bertz CT molecular complexity index is 3340. The highest BCUT2D eigenvalue weighted by Gasteiger charge is 2.25. The zero-order valence-corrected chi connectivity index (χ0v) is 30.4. The van der Waals surface area contributed by atoms with Crippen LogP contribution in [0.4, 0.5) is 0 Å². The van der Waals surface area contributed by atoms with E-state index in [1.54, 1.807) is 0 Å². The van der Waals surface area contributed by atoms with Crippen LogP contribution in [0.25, 0.3) is 99.0 Å². The van der Waals surface area contributed by atoms with Crippen molar-refractivity contribution < 1.29 is 0 Å². The monoisotopic (exact) mass is 701 g/mol. The van der Waals surface area contributed by atoms with Crippen molar-refractivity contribution in [3.05, 3.63) is 187 Å². The summed E-state index contributed by atoms with van der Waals surface area (Å²) in [7, 11) is 0. The van der Waals surface area contributed by atoms with Crippen LogP contribution in [-0.2, 0) is 12.8 Å². The maximum absolute atomic E-state index is 5.54. The lowest BCUT2D eigenvalue weighted by Gasteiger charge is -2.25. The van der Waals surface area contributed by atoms with Crippen LogP contribution in [0.3, 0.4) is 0 Å². The predicted octanol–water partition coefficient (Wildman–Crippen LogP) is 13.3. The van der Waals surface area contributed by atoms with E-state index in [4.69, 9.17) is 4.98 Å². The average Bonchev–Trinajstić information content (AvgIpc) is 3.76. The number of rotatable bonds is 3. The van der Waals surface area contributed by atoms with Gasteiger partial charge in [0.2, 0.25) is 0 Å². The van der Waals surface area contributed by atoms with Crippen molar-refractivity contribution in [1.82, 2.24) is 14.1 Å². The topological polar surface area (TPSA) is 22.8 Å². The van der Waals surface area contributed by atoms with Crippen LogP contribution in [0, 0.1) is 6.92 Å². The number of benzene rings is 8. The van der Waals surface area contributed by atoms with E-state index < -0.39 is 0 Å². The second-order valence-corrected chi connectivity index (χ2v) is 15.0. The number of nitrogens with zero attached hydrogens (tertiary/aromatic N) is 3. The molecule has 0 amide bonds. The highest BCUT2D eigenvalue weighted by atomic mass is 15.1. The van der Waals surface area contributed by atoms with Crippen molar-refractivity contribution in [3.8, 4) is 33.8 Å². The zero-order valence-electron chi connectivity index (χ0n) is 30.4. The molecule has 12 rings (SSSR count). The van der Waals surface area contributed by atoms with Crippen molar-refractivity contribution in [2.24, 2.45) is 0 Å². The molecule has 258 valence electrons. The van der Waals surface area contributed by atoms with Gasteiger partial charge in [-0.2, -0.15) is 0 Å². The maximum atomic E-state index is 5.54. The average molecular weight is 702 g/mol. The summed E-state index contributed by atoms with van der Waals surface area (Å²) in [6.07, 6.45) is 2.06. The number of hydrogen-bond acceptors (Lipinski definition) is 1. The Balaban J connectivity index is 1.18. The summed E-state index contributed by atoms with van der Waals surface area (Å²) in [6.45, 7) is 2.28. The van der Waals surface area contributed by atoms with Crippen molar-refractivity contribution in [2.75, 3.05) is 0 Å². The van der Waals surface area contributed by atoms with Gasteiger partial charge in [0.25, 0.3) is 0 Å². The molecule has 0 saturated heterocycles. The minimum atomic E-state index is 0.974. The van der Waals surface area contributed by atoms with Crippen molar-refractivity contribution >= 4 is 65.3 Å². The molecule has 8 aromatic carbocycles. The summed E-state index contributed by atoms with van der Waals surface area (Å²) in [5.41, 5.74) is 16.2. The van der Waals surface area contributed by atoms with Gasteiger partial charge in [0.1, 0.15) is 5.82 Å². The lowest BCUT2D eigenvalue weighted by molar-refractivity contribution is 0.943. The smallest absolute Gasteiger partial charge is 0.141 e. The molecule has 0 unspecified atom stereocenters. The van der Waals surface area contributed by atoms with Crippen molar-refractivity contribution in [1.29, 1.82) is 0 Å². The van der Waals surface area contributed by atoms with Crippen LogP contribution in [0.1, 0.15) is 16.7 Å². The standard InChI is InChI=1S/C52H35N3/c1-32-50(42-21-12-20-38-36-15-4-2-13-33(36)25-28-39(38)42)43-19-6-9-22-45(43)53-52(32)55-48-30-27-35(31-44(48)51-37-16-5-3-14-34(37)26-29-49(51)55)54-46-23-10-7-17-40(46)41-18-8-11-24-47(41)54/h2-24,26-27,29-31H,25,28H2,1H3. The largest absolute Gasteiger partial charge is 0.309 e. The van der Waals surface area contributed by atoms with Crippen LogP contribution in [0.5, 0.6) is 0 Å². The van der Waals surface area contributed by atoms with Gasteiger partial charge in [-0.25, -0.2) is 4.98 Å². The quantitative estimate of drug-likeness (QED) is 0.180. The first-order chi connectivity index (χ1) is 27.2. The molecule has 1 aliphatic rings. The van der Waals surface area contributed by atoms with Gasteiger partial charge in [-0.15, -0.1) is 0 Å². The van der Waals surface area contributed by atoms with Gasteiger partial charge in [0.05, 0.1) is 27.6 Å². The molecule has 0 fully saturated rings. The second-order valence-electron chi connectivity index (χ2n) is 15.0. The highest BCUT2D eigenvalue weighted by Crippen LogP contribution is 2.45. The summed E-state index contributed by atoms with van der Waals surface area (Å²) < 4.78 is 4.86. The first-order valence-electron chi connectivity index (χ1n) is 19.3. The summed E-state index contributed by atoms with van der Waals surface area (Å²) in [6, 6.07) is 62.4. The Morgan fingerprint density at radius 3 is 1.93 bits per heavy atom. The normalized spacial score (nSPS) is 12.7. The Labute approximate surface area is 318 Å². The molecule has 3 heteroatoms. The molecule has 11 aromatic rings. The fourth-order valence-electron chi connectivity index (χ4n) is 9.81. The number of pyridine rings is 1.